The van der Waals surface area contributed by atoms with E-state index in [1.807, 2.05) is 0 Å². The van der Waals surface area contributed by atoms with E-state index in [0.717, 1.165) is 38.3 Å². The van der Waals surface area contributed by atoms with Crippen molar-refractivity contribution in [1.82, 2.24) is 10.0 Å². The van der Waals surface area contributed by atoms with E-state index >= 15 is 0 Å². The molecule has 0 aromatic heterocycles. The van der Waals surface area contributed by atoms with Crippen molar-refractivity contribution in [3.8, 4) is 0 Å². The highest BCUT2D eigenvalue weighted by Gasteiger charge is 2.19. The molecule has 16 heavy (non-hydrogen) atoms. The number of sulfonamides is 1. The van der Waals surface area contributed by atoms with Gasteiger partial charge in [-0.05, 0) is 38.6 Å². The van der Waals surface area contributed by atoms with Gasteiger partial charge in [-0.2, -0.15) is 0 Å². The van der Waals surface area contributed by atoms with Gasteiger partial charge in [0.05, 0.1) is 5.75 Å². The Morgan fingerprint density at radius 3 is 2.50 bits per heavy atom. The highest BCUT2D eigenvalue weighted by Crippen LogP contribution is 2.18. The minimum atomic E-state index is -3.02. The highest BCUT2D eigenvalue weighted by molar-refractivity contribution is 7.89. The molecule has 0 radical (unpaired) electrons. The van der Waals surface area contributed by atoms with Gasteiger partial charge in [-0.3, -0.25) is 0 Å². The van der Waals surface area contributed by atoms with Gasteiger partial charge < -0.3 is 5.32 Å². The van der Waals surface area contributed by atoms with Gasteiger partial charge in [-0.15, -0.1) is 0 Å². The van der Waals surface area contributed by atoms with Crippen molar-refractivity contribution in [3.05, 3.63) is 0 Å². The van der Waals surface area contributed by atoms with Crippen LogP contribution in [0, 0.1) is 0 Å². The first kappa shape index (κ1) is 13.9. The van der Waals surface area contributed by atoms with Gasteiger partial charge in [0.25, 0.3) is 0 Å². The number of unbranched alkanes of at least 4 members (excludes halogenated alkanes) is 2. The van der Waals surface area contributed by atoms with Crippen molar-refractivity contribution in [3.63, 3.8) is 0 Å². The topological polar surface area (TPSA) is 58.2 Å². The van der Waals surface area contributed by atoms with Crippen molar-refractivity contribution in [1.29, 1.82) is 0 Å². The smallest absolute Gasteiger partial charge is 0.211 e. The molecule has 1 saturated carbocycles. The Labute approximate surface area is 99.2 Å². The Hall–Kier alpha value is -0.130. The SMILES string of the molecule is CCCCNS(=O)(=O)CCCCNC1CC1. The molecular formula is C11H24N2O2S. The second-order valence-corrected chi connectivity index (χ2v) is 6.43. The fraction of sp³-hybridized carbons (Fsp3) is 1.00. The number of hydrogen-bond acceptors (Lipinski definition) is 3. The van der Waals surface area contributed by atoms with Crippen LogP contribution >= 0.6 is 0 Å². The second kappa shape index (κ2) is 7.25. The van der Waals surface area contributed by atoms with Gasteiger partial charge in [0.2, 0.25) is 10.0 Å². The van der Waals surface area contributed by atoms with Gasteiger partial charge in [0.15, 0.2) is 0 Å². The number of hydrogen-bond donors (Lipinski definition) is 2. The second-order valence-electron chi connectivity index (χ2n) is 4.50. The van der Waals surface area contributed by atoms with Crippen LogP contribution in [0.5, 0.6) is 0 Å². The van der Waals surface area contributed by atoms with Gasteiger partial charge in [0, 0.05) is 12.6 Å². The fourth-order valence-corrected chi connectivity index (χ4v) is 2.67. The van der Waals surface area contributed by atoms with E-state index in [9.17, 15) is 8.42 Å². The average Bonchev–Trinajstić information content (AvgIpc) is 3.01. The largest absolute Gasteiger partial charge is 0.314 e. The van der Waals surface area contributed by atoms with Crippen LogP contribution < -0.4 is 10.0 Å². The predicted molar refractivity (Wildman–Crippen MR) is 67.0 cm³/mol. The van der Waals surface area contributed by atoms with Gasteiger partial charge in [-0.1, -0.05) is 13.3 Å². The number of nitrogens with one attached hydrogen (secondary N) is 2. The summed E-state index contributed by atoms with van der Waals surface area (Å²) in [7, 11) is -3.02. The first-order valence-electron chi connectivity index (χ1n) is 6.35. The Bertz CT molecular complexity index is 274. The van der Waals surface area contributed by atoms with Crippen molar-refractivity contribution in [2.75, 3.05) is 18.8 Å². The summed E-state index contributed by atoms with van der Waals surface area (Å²) >= 11 is 0. The summed E-state index contributed by atoms with van der Waals surface area (Å²) in [5.41, 5.74) is 0. The van der Waals surface area contributed by atoms with E-state index in [0.29, 0.717) is 6.54 Å². The maximum Gasteiger partial charge on any atom is 0.211 e. The molecule has 1 fully saturated rings. The summed E-state index contributed by atoms with van der Waals surface area (Å²) in [5.74, 6) is 0.267. The lowest BCUT2D eigenvalue weighted by atomic mass is 10.3. The quantitative estimate of drug-likeness (QED) is 0.572. The summed E-state index contributed by atoms with van der Waals surface area (Å²) in [6.45, 7) is 3.59. The van der Waals surface area contributed by atoms with Crippen molar-refractivity contribution in [2.45, 2.75) is 51.5 Å². The third-order valence-electron chi connectivity index (χ3n) is 2.70. The summed E-state index contributed by atoms with van der Waals surface area (Å²) in [5, 5.41) is 3.38. The zero-order valence-corrected chi connectivity index (χ0v) is 11.0. The Kier molecular flexibility index (Phi) is 6.31. The Morgan fingerprint density at radius 2 is 1.88 bits per heavy atom. The molecule has 2 N–H and O–H groups in total. The average molecular weight is 248 g/mol. The van der Waals surface area contributed by atoms with Gasteiger partial charge in [-0.25, -0.2) is 13.1 Å². The molecule has 0 aliphatic heterocycles. The molecule has 0 bridgehead atoms. The molecule has 5 heteroatoms. The molecule has 1 aliphatic carbocycles. The van der Waals surface area contributed by atoms with Crippen molar-refractivity contribution < 1.29 is 8.42 Å². The third kappa shape index (κ3) is 7.19. The molecule has 0 amide bonds. The first-order chi connectivity index (χ1) is 7.64. The number of rotatable bonds is 10. The molecule has 0 heterocycles. The molecule has 0 saturated heterocycles. The van der Waals surface area contributed by atoms with Gasteiger partial charge >= 0.3 is 0 Å². The maximum absolute atomic E-state index is 11.5. The predicted octanol–water partition coefficient (Wildman–Crippen LogP) is 1.24. The minimum Gasteiger partial charge on any atom is -0.314 e. The lowest BCUT2D eigenvalue weighted by molar-refractivity contribution is 0.570. The van der Waals surface area contributed by atoms with Crippen LogP contribution in [0.3, 0.4) is 0 Å². The molecule has 4 nitrogen and oxygen atoms in total. The summed E-state index contributed by atoms with van der Waals surface area (Å²) in [6.07, 6.45) is 6.22. The first-order valence-corrected chi connectivity index (χ1v) is 8.00. The van der Waals surface area contributed by atoms with E-state index in [1.54, 1.807) is 0 Å². The molecule has 1 aliphatic rings. The van der Waals surface area contributed by atoms with E-state index in [-0.39, 0.29) is 5.75 Å². The minimum absolute atomic E-state index is 0.267. The lowest BCUT2D eigenvalue weighted by Crippen LogP contribution is -2.27. The van der Waals surface area contributed by atoms with E-state index in [4.69, 9.17) is 0 Å². The van der Waals surface area contributed by atoms with Gasteiger partial charge in [0.1, 0.15) is 0 Å². The summed E-state index contributed by atoms with van der Waals surface area (Å²) in [6, 6.07) is 0.722. The Morgan fingerprint density at radius 1 is 1.12 bits per heavy atom. The zero-order valence-electron chi connectivity index (χ0n) is 10.2. The molecular weight excluding hydrogens is 224 g/mol. The van der Waals surface area contributed by atoms with Crippen LogP contribution in [-0.4, -0.2) is 33.3 Å². The molecule has 96 valence electrons. The van der Waals surface area contributed by atoms with Crippen LogP contribution in [0.4, 0.5) is 0 Å². The molecule has 0 aromatic rings. The standard InChI is InChI=1S/C11H24N2O2S/c1-2-3-9-13-16(14,15)10-5-4-8-12-11-6-7-11/h11-13H,2-10H2,1H3. The molecule has 0 atom stereocenters. The zero-order chi connectivity index (χ0) is 11.9. The van der Waals surface area contributed by atoms with Crippen molar-refractivity contribution >= 4 is 10.0 Å². The van der Waals surface area contributed by atoms with E-state index in [1.165, 1.54) is 12.8 Å². The van der Waals surface area contributed by atoms with Crippen molar-refractivity contribution in [2.24, 2.45) is 0 Å². The van der Waals surface area contributed by atoms with Crippen LogP contribution in [0.1, 0.15) is 45.4 Å². The van der Waals surface area contributed by atoms with Crippen LogP contribution in [0.15, 0.2) is 0 Å². The normalized spacial score (nSPS) is 16.6. The lowest BCUT2D eigenvalue weighted by Gasteiger charge is -2.06. The van der Waals surface area contributed by atoms with E-state index in [2.05, 4.69) is 17.0 Å². The van der Waals surface area contributed by atoms with Crippen LogP contribution in [-0.2, 0) is 10.0 Å². The van der Waals surface area contributed by atoms with E-state index < -0.39 is 10.0 Å². The monoisotopic (exact) mass is 248 g/mol. The van der Waals surface area contributed by atoms with Crippen LogP contribution in [0.2, 0.25) is 0 Å². The molecule has 0 aromatic carbocycles. The third-order valence-corrected chi connectivity index (χ3v) is 4.17. The highest BCUT2D eigenvalue weighted by atomic mass is 32.2. The molecule has 0 unspecified atom stereocenters. The maximum atomic E-state index is 11.5. The van der Waals surface area contributed by atoms with Crippen LogP contribution in [0.25, 0.3) is 0 Å². The summed E-state index contributed by atoms with van der Waals surface area (Å²) < 4.78 is 25.6. The molecule has 0 spiro atoms. The summed E-state index contributed by atoms with van der Waals surface area (Å²) in [4.78, 5) is 0. The molecule has 1 rings (SSSR count). The fourth-order valence-electron chi connectivity index (χ4n) is 1.49. The Balaban J connectivity index is 1.96.